The summed E-state index contributed by atoms with van der Waals surface area (Å²) >= 11 is 0. The van der Waals surface area contributed by atoms with Gasteiger partial charge in [-0.05, 0) is 26.0 Å². The zero-order valence-corrected chi connectivity index (χ0v) is 15.8. The molecule has 0 heterocycles. The predicted molar refractivity (Wildman–Crippen MR) is 101 cm³/mol. The molecular weight excluding hydrogens is 395 g/mol. The Morgan fingerprint density at radius 3 is 2.68 bits per heavy atom. The maximum atomic E-state index is 11.0. The van der Waals surface area contributed by atoms with Crippen molar-refractivity contribution in [3.05, 3.63) is 24.3 Å². The van der Waals surface area contributed by atoms with E-state index < -0.39 is 0 Å². The van der Waals surface area contributed by atoms with E-state index in [1.165, 1.54) is 6.92 Å². The Morgan fingerprint density at radius 1 is 1.36 bits per heavy atom. The van der Waals surface area contributed by atoms with E-state index in [1.807, 2.05) is 18.2 Å². The van der Waals surface area contributed by atoms with Crippen LogP contribution in [0.2, 0.25) is 0 Å². The predicted octanol–water partition coefficient (Wildman–Crippen LogP) is 2.22. The molecule has 7 heteroatoms. The number of carbonyl (C=O) groups is 1. The van der Waals surface area contributed by atoms with Crippen LogP contribution in [0.3, 0.4) is 0 Å². The number of carbonyl (C=O) groups excluding carboxylic acids is 1. The first-order valence-corrected chi connectivity index (χ1v) is 6.99. The minimum absolute atomic E-state index is 0. The van der Waals surface area contributed by atoms with E-state index in [0.717, 1.165) is 17.4 Å². The molecule has 124 valence electrons. The van der Waals surface area contributed by atoms with Crippen molar-refractivity contribution in [2.75, 3.05) is 25.5 Å². The summed E-state index contributed by atoms with van der Waals surface area (Å²) in [6.07, 6.45) is 0. The second-order valence-corrected chi connectivity index (χ2v) is 4.86. The highest BCUT2D eigenvalue weighted by Crippen LogP contribution is 2.16. The molecule has 3 N–H and O–H groups in total. The van der Waals surface area contributed by atoms with Gasteiger partial charge in [-0.2, -0.15) is 0 Å². The first-order chi connectivity index (χ1) is 10.0. The average Bonchev–Trinajstić information content (AvgIpc) is 2.41. The number of anilines is 1. The molecule has 0 aliphatic heterocycles. The summed E-state index contributed by atoms with van der Waals surface area (Å²) < 4.78 is 5.63. The average molecular weight is 420 g/mol. The lowest BCUT2D eigenvalue weighted by atomic mass is 10.3. The van der Waals surface area contributed by atoms with E-state index >= 15 is 0 Å². The van der Waals surface area contributed by atoms with Gasteiger partial charge in [0.15, 0.2) is 5.96 Å². The van der Waals surface area contributed by atoms with Crippen LogP contribution in [0, 0.1) is 0 Å². The van der Waals surface area contributed by atoms with Crippen LogP contribution in [0.15, 0.2) is 29.3 Å². The molecule has 0 spiro atoms. The topological polar surface area (TPSA) is 74.8 Å². The Balaban J connectivity index is 0.00000441. The summed E-state index contributed by atoms with van der Waals surface area (Å²) in [4.78, 5) is 15.1. The summed E-state index contributed by atoms with van der Waals surface area (Å²) in [5.41, 5.74) is 0.727. The van der Waals surface area contributed by atoms with Crippen LogP contribution in [-0.2, 0) is 4.79 Å². The fourth-order valence-corrected chi connectivity index (χ4v) is 1.67. The monoisotopic (exact) mass is 420 g/mol. The van der Waals surface area contributed by atoms with Gasteiger partial charge in [0, 0.05) is 31.8 Å². The first-order valence-electron chi connectivity index (χ1n) is 6.99. The van der Waals surface area contributed by atoms with Gasteiger partial charge in [-0.3, -0.25) is 9.79 Å². The van der Waals surface area contributed by atoms with E-state index in [1.54, 1.807) is 13.1 Å². The maximum Gasteiger partial charge on any atom is 0.221 e. The number of ether oxygens (including phenoxy) is 1. The molecule has 0 unspecified atom stereocenters. The molecule has 6 nitrogen and oxygen atoms in total. The minimum Gasteiger partial charge on any atom is -0.492 e. The molecule has 0 saturated heterocycles. The molecule has 0 aliphatic rings. The minimum atomic E-state index is -0.0997. The lowest BCUT2D eigenvalue weighted by Gasteiger charge is -2.14. The molecule has 1 aromatic carbocycles. The fraction of sp³-hybridized carbons (Fsp3) is 0.467. The molecular formula is C15H25IN4O2. The standard InChI is InChI=1S/C15H24N4O2.HI/c1-11(2)18-15(16-4)17-8-9-21-14-7-5-6-13(10-14)19-12(3)20;/h5-7,10-11H,8-9H2,1-4H3,(H,19,20)(H2,16,17,18);1H. The number of amides is 1. The number of benzene rings is 1. The van der Waals surface area contributed by atoms with Crippen LogP contribution in [0.5, 0.6) is 5.75 Å². The summed E-state index contributed by atoms with van der Waals surface area (Å²) in [5, 5.41) is 9.08. The Labute approximate surface area is 149 Å². The molecule has 22 heavy (non-hydrogen) atoms. The number of nitrogens with zero attached hydrogens (tertiary/aromatic N) is 1. The van der Waals surface area contributed by atoms with E-state index in [2.05, 4.69) is 34.8 Å². The van der Waals surface area contributed by atoms with Gasteiger partial charge in [-0.15, -0.1) is 24.0 Å². The zero-order chi connectivity index (χ0) is 15.7. The molecule has 0 aliphatic carbocycles. The third-order valence-electron chi connectivity index (χ3n) is 2.47. The number of nitrogens with one attached hydrogen (secondary N) is 3. The maximum absolute atomic E-state index is 11.0. The SMILES string of the molecule is CN=C(NCCOc1cccc(NC(C)=O)c1)NC(C)C.I. The summed E-state index contributed by atoms with van der Waals surface area (Å²) in [6.45, 7) is 6.72. The number of halogens is 1. The molecule has 0 bridgehead atoms. The van der Waals surface area contributed by atoms with E-state index in [0.29, 0.717) is 19.2 Å². The number of rotatable bonds is 6. The van der Waals surface area contributed by atoms with Gasteiger partial charge in [-0.1, -0.05) is 6.07 Å². The van der Waals surface area contributed by atoms with E-state index in [4.69, 9.17) is 4.74 Å². The lowest BCUT2D eigenvalue weighted by molar-refractivity contribution is -0.114. The normalized spacial score (nSPS) is 10.7. The first kappa shape index (κ1) is 20.5. The highest BCUT2D eigenvalue weighted by molar-refractivity contribution is 14.0. The van der Waals surface area contributed by atoms with Crippen LogP contribution in [0.25, 0.3) is 0 Å². The van der Waals surface area contributed by atoms with Crippen molar-refractivity contribution in [3.63, 3.8) is 0 Å². The van der Waals surface area contributed by atoms with Crippen LogP contribution in [0.4, 0.5) is 5.69 Å². The fourth-order valence-electron chi connectivity index (χ4n) is 1.67. The number of aliphatic imine (C=N–C) groups is 1. The van der Waals surface area contributed by atoms with Crippen LogP contribution < -0.4 is 20.7 Å². The molecule has 0 radical (unpaired) electrons. The second-order valence-electron chi connectivity index (χ2n) is 4.86. The Morgan fingerprint density at radius 2 is 2.09 bits per heavy atom. The Bertz CT molecular complexity index is 492. The Hall–Kier alpha value is -1.51. The smallest absolute Gasteiger partial charge is 0.221 e. The third kappa shape index (κ3) is 8.71. The number of hydrogen-bond acceptors (Lipinski definition) is 3. The number of hydrogen-bond donors (Lipinski definition) is 3. The van der Waals surface area contributed by atoms with Gasteiger partial charge >= 0.3 is 0 Å². The van der Waals surface area contributed by atoms with Crippen LogP contribution in [0.1, 0.15) is 20.8 Å². The van der Waals surface area contributed by atoms with E-state index in [9.17, 15) is 4.79 Å². The summed E-state index contributed by atoms with van der Waals surface area (Å²) in [6, 6.07) is 7.63. The molecule has 0 saturated carbocycles. The van der Waals surface area contributed by atoms with Crippen molar-refractivity contribution in [2.45, 2.75) is 26.8 Å². The van der Waals surface area contributed by atoms with Crippen LogP contribution >= 0.6 is 24.0 Å². The van der Waals surface area contributed by atoms with Gasteiger partial charge in [0.1, 0.15) is 12.4 Å². The summed E-state index contributed by atoms with van der Waals surface area (Å²) in [7, 11) is 1.73. The van der Waals surface area contributed by atoms with Gasteiger partial charge < -0.3 is 20.7 Å². The lowest BCUT2D eigenvalue weighted by Crippen LogP contribution is -2.42. The molecule has 0 atom stereocenters. The molecule has 0 fully saturated rings. The summed E-state index contributed by atoms with van der Waals surface area (Å²) in [5.74, 6) is 1.37. The van der Waals surface area contributed by atoms with Crippen molar-refractivity contribution in [3.8, 4) is 5.75 Å². The van der Waals surface area contributed by atoms with Gasteiger partial charge in [-0.25, -0.2) is 0 Å². The van der Waals surface area contributed by atoms with Crippen LogP contribution in [-0.4, -0.2) is 38.1 Å². The van der Waals surface area contributed by atoms with Gasteiger partial charge in [0.25, 0.3) is 0 Å². The van der Waals surface area contributed by atoms with Gasteiger partial charge in [0.05, 0.1) is 6.54 Å². The van der Waals surface area contributed by atoms with Crippen molar-refractivity contribution in [1.82, 2.24) is 10.6 Å². The molecule has 0 aromatic heterocycles. The molecule has 1 amide bonds. The van der Waals surface area contributed by atoms with Crippen molar-refractivity contribution in [1.29, 1.82) is 0 Å². The zero-order valence-electron chi connectivity index (χ0n) is 13.5. The molecule has 1 aromatic rings. The van der Waals surface area contributed by atoms with Crippen molar-refractivity contribution in [2.24, 2.45) is 4.99 Å². The van der Waals surface area contributed by atoms with E-state index in [-0.39, 0.29) is 29.9 Å². The largest absolute Gasteiger partial charge is 0.492 e. The van der Waals surface area contributed by atoms with Crippen molar-refractivity contribution >= 4 is 41.5 Å². The Kier molecular flexibility index (Phi) is 10.3. The quantitative estimate of drug-likeness (QED) is 0.286. The highest BCUT2D eigenvalue weighted by atomic mass is 127. The van der Waals surface area contributed by atoms with Gasteiger partial charge in [0.2, 0.25) is 5.91 Å². The van der Waals surface area contributed by atoms with Crippen molar-refractivity contribution < 1.29 is 9.53 Å². The number of guanidine groups is 1. The molecule has 1 rings (SSSR count). The third-order valence-corrected chi connectivity index (χ3v) is 2.47. The highest BCUT2D eigenvalue weighted by Gasteiger charge is 2.01. The second kappa shape index (κ2) is 11.1.